The van der Waals surface area contributed by atoms with Crippen LogP contribution in [0, 0.1) is 0 Å². The first-order valence-corrected chi connectivity index (χ1v) is 6.15. The van der Waals surface area contributed by atoms with E-state index in [1.54, 1.807) is 13.2 Å². The average molecular weight is 276 g/mol. The van der Waals surface area contributed by atoms with Gasteiger partial charge in [0.2, 0.25) is 0 Å². The molecule has 106 valence electrons. The summed E-state index contributed by atoms with van der Waals surface area (Å²) in [5.74, 6) is -0.279. The molecule has 5 nitrogen and oxygen atoms in total. The first-order chi connectivity index (χ1) is 9.60. The molecule has 0 bridgehead atoms. The van der Waals surface area contributed by atoms with Gasteiger partial charge in [0.15, 0.2) is 0 Å². The second-order valence-corrected chi connectivity index (χ2v) is 4.40. The summed E-state index contributed by atoms with van der Waals surface area (Å²) in [6.45, 7) is -0.462. The van der Waals surface area contributed by atoms with Crippen LogP contribution in [0.2, 0.25) is 0 Å². The van der Waals surface area contributed by atoms with Crippen molar-refractivity contribution < 1.29 is 24.5 Å². The molecule has 0 aliphatic heterocycles. The summed E-state index contributed by atoms with van der Waals surface area (Å²) >= 11 is 0. The lowest BCUT2D eigenvalue weighted by Crippen LogP contribution is -2.13. The Kier molecular flexibility index (Phi) is 4.55. The van der Waals surface area contributed by atoms with Gasteiger partial charge in [-0.05, 0) is 34.5 Å². The fourth-order valence-electron chi connectivity index (χ4n) is 1.93. The zero-order valence-electron chi connectivity index (χ0n) is 11.1. The van der Waals surface area contributed by atoms with Gasteiger partial charge in [-0.3, -0.25) is 0 Å². The highest BCUT2D eigenvalue weighted by Gasteiger charge is 2.09. The van der Waals surface area contributed by atoms with Crippen molar-refractivity contribution in [3.8, 4) is 5.75 Å². The maximum atomic E-state index is 10.3. The standard InChI is InChI=1S/C15H16O5/c1-19-13-5-4-10-6-12(3-2-11(10)7-13)14(16)8-20-9-15(17)18/h2-7,14,16H,8-9H2,1H3,(H,17,18). The largest absolute Gasteiger partial charge is 0.497 e. The Bertz CT molecular complexity index is 608. The van der Waals surface area contributed by atoms with E-state index in [0.29, 0.717) is 5.56 Å². The zero-order chi connectivity index (χ0) is 14.5. The van der Waals surface area contributed by atoms with E-state index in [1.165, 1.54) is 0 Å². The summed E-state index contributed by atoms with van der Waals surface area (Å²) in [5, 5.41) is 20.4. The number of ether oxygens (including phenoxy) is 2. The van der Waals surface area contributed by atoms with E-state index in [-0.39, 0.29) is 6.61 Å². The molecule has 0 amide bonds. The van der Waals surface area contributed by atoms with Crippen LogP contribution in [-0.2, 0) is 9.53 Å². The summed E-state index contributed by atoms with van der Waals surface area (Å²) in [4.78, 5) is 10.3. The lowest BCUT2D eigenvalue weighted by atomic mass is 10.0. The number of fused-ring (bicyclic) bond motifs is 1. The van der Waals surface area contributed by atoms with Crippen molar-refractivity contribution in [2.45, 2.75) is 6.10 Å². The van der Waals surface area contributed by atoms with Crippen molar-refractivity contribution in [2.75, 3.05) is 20.3 Å². The van der Waals surface area contributed by atoms with Crippen LogP contribution in [0.3, 0.4) is 0 Å². The van der Waals surface area contributed by atoms with Crippen molar-refractivity contribution >= 4 is 16.7 Å². The highest BCUT2D eigenvalue weighted by atomic mass is 16.5. The predicted octanol–water partition coefficient (Wildman–Crippen LogP) is 1.98. The number of hydrogen-bond donors (Lipinski definition) is 2. The second kappa shape index (κ2) is 6.36. The Morgan fingerprint density at radius 1 is 1.20 bits per heavy atom. The second-order valence-electron chi connectivity index (χ2n) is 4.40. The van der Waals surface area contributed by atoms with Gasteiger partial charge < -0.3 is 19.7 Å². The molecule has 1 unspecified atom stereocenters. The third kappa shape index (κ3) is 3.46. The fraction of sp³-hybridized carbons (Fsp3) is 0.267. The molecule has 0 saturated carbocycles. The number of hydrogen-bond acceptors (Lipinski definition) is 4. The summed E-state index contributed by atoms with van der Waals surface area (Å²) in [5.41, 5.74) is 0.688. The average Bonchev–Trinajstić information content (AvgIpc) is 2.45. The van der Waals surface area contributed by atoms with Crippen molar-refractivity contribution in [3.05, 3.63) is 42.0 Å². The molecule has 0 aliphatic carbocycles. The van der Waals surface area contributed by atoms with E-state index in [1.807, 2.05) is 30.3 Å². The van der Waals surface area contributed by atoms with Crippen molar-refractivity contribution in [2.24, 2.45) is 0 Å². The van der Waals surface area contributed by atoms with Crippen LogP contribution in [0.4, 0.5) is 0 Å². The van der Waals surface area contributed by atoms with Crippen LogP contribution in [-0.4, -0.2) is 36.5 Å². The lowest BCUT2D eigenvalue weighted by Gasteiger charge is -2.12. The fourth-order valence-corrected chi connectivity index (χ4v) is 1.93. The molecule has 0 heterocycles. The molecule has 2 aromatic rings. The first kappa shape index (κ1) is 14.3. The molecule has 0 spiro atoms. The van der Waals surface area contributed by atoms with E-state index in [2.05, 4.69) is 0 Å². The molecule has 0 aromatic heterocycles. The van der Waals surface area contributed by atoms with Crippen LogP contribution in [0.15, 0.2) is 36.4 Å². The van der Waals surface area contributed by atoms with Crippen molar-refractivity contribution in [1.29, 1.82) is 0 Å². The number of carboxylic acid groups (broad SMARTS) is 1. The minimum Gasteiger partial charge on any atom is -0.497 e. The third-order valence-corrected chi connectivity index (χ3v) is 2.96. The summed E-state index contributed by atoms with van der Waals surface area (Å²) in [6.07, 6.45) is -0.846. The molecule has 5 heteroatoms. The zero-order valence-corrected chi connectivity index (χ0v) is 11.1. The van der Waals surface area contributed by atoms with E-state index >= 15 is 0 Å². The van der Waals surface area contributed by atoms with Crippen LogP contribution in [0.1, 0.15) is 11.7 Å². The smallest absolute Gasteiger partial charge is 0.329 e. The number of aliphatic hydroxyl groups excluding tert-OH is 1. The number of methoxy groups -OCH3 is 1. The van der Waals surface area contributed by atoms with Gasteiger partial charge in [0, 0.05) is 0 Å². The van der Waals surface area contributed by atoms with E-state index < -0.39 is 18.7 Å². The van der Waals surface area contributed by atoms with Crippen LogP contribution in [0.25, 0.3) is 10.8 Å². The third-order valence-electron chi connectivity index (χ3n) is 2.96. The molecule has 1 atom stereocenters. The van der Waals surface area contributed by atoms with E-state index in [4.69, 9.17) is 14.6 Å². The van der Waals surface area contributed by atoms with Gasteiger partial charge in [-0.25, -0.2) is 4.79 Å². The first-order valence-electron chi connectivity index (χ1n) is 6.15. The maximum Gasteiger partial charge on any atom is 0.329 e. The molecule has 0 aliphatic rings. The number of carboxylic acids is 1. The van der Waals surface area contributed by atoms with Gasteiger partial charge >= 0.3 is 5.97 Å². The topological polar surface area (TPSA) is 76.0 Å². The number of aliphatic hydroxyl groups is 1. The molecule has 2 aromatic carbocycles. The highest BCUT2D eigenvalue weighted by molar-refractivity contribution is 5.84. The summed E-state index contributed by atoms with van der Waals surface area (Å²) < 4.78 is 10.0. The number of aliphatic carboxylic acids is 1. The van der Waals surface area contributed by atoms with E-state index in [9.17, 15) is 9.90 Å². The lowest BCUT2D eigenvalue weighted by molar-refractivity contribution is -0.143. The molecular formula is C15H16O5. The normalized spacial score (nSPS) is 12.3. The number of benzene rings is 2. The summed E-state index contributed by atoms with van der Waals surface area (Å²) in [6, 6.07) is 11.2. The number of rotatable bonds is 6. The van der Waals surface area contributed by atoms with Crippen LogP contribution >= 0.6 is 0 Å². The Labute approximate surface area is 116 Å². The molecule has 0 saturated heterocycles. The highest BCUT2D eigenvalue weighted by Crippen LogP contribution is 2.24. The Balaban J connectivity index is 2.12. The van der Waals surface area contributed by atoms with Gasteiger partial charge in [-0.1, -0.05) is 18.2 Å². The van der Waals surface area contributed by atoms with Crippen molar-refractivity contribution in [3.63, 3.8) is 0 Å². The molecule has 20 heavy (non-hydrogen) atoms. The van der Waals surface area contributed by atoms with Crippen LogP contribution < -0.4 is 4.74 Å². The van der Waals surface area contributed by atoms with Gasteiger partial charge in [-0.15, -0.1) is 0 Å². The molecule has 2 N–H and O–H groups in total. The molecular weight excluding hydrogens is 260 g/mol. The van der Waals surface area contributed by atoms with Gasteiger partial charge in [0.05, 0.1) is 13.7 Å². The predicted molar refractivity (Wildman–Crippen MR) is 73.9 cm³/mol. The van der Waals surface area contributed by atoms with Gasteiger partial charge in [0.25, 0.3) is 0 Å². The molecule has 0 fully saturated rings. The Hall–Kier alpha value is -2.11. The molecule has 2 rings (SSSR count). The molecule has 0 radical (unpaired) electrons. The maximum absolute atomic E-state index is 10.3. The minimum atomic E-state index is -1.05. The number of carbonyl (C=O) groups is 1. The quantitative estimate of drug-likeness (QED) is 0.843. The Morgan fingerprint density at radius 2 is 1.90 bits per heavy atom. The van der Waals surface area contributed by atoms with Gasteiger partial charge in [0.1, 0.15) is 18.5 Å². The van der Waals surface area contributed by atoms with Crippen LogP contribution in [0.5, 0.6) is 5.75 Å². The monoisotopic (exact) mass is 276 g/mol. The Morgan fingerprint density at radius 3 is 2.60 bits per heavy atom. The summed E-state index contributed by atoms with van der Waals surface area (Å²) in [7, 11) is 1.61. The minimum absolute atomic E-state index is 0.0477. The van der Waals surface area contributed by atoms with Crippen molar-refractivity contribution in [1.82, 2.24) is 0 Å². The SMILES string of the molecule is COc1ccc2cc(C(O)COCC(=O)O)ccc2c1. The van der Waals surface area contributed by atoms with E-state index in [0.717, 1.165) is 16.5 Å². The van der Waals surface area contributed by atoms with Gasteiger partial charge in [-0.2, -0.15) is 0 Å².